The van der Waals surface area contributed by atoms with Gasteiger partial charge in [-0.2, -0.15) is 0 Å². The van der Waals surface area contributed by atoms with Crippen LogP contribution in [-0.2, 0) is 17.1 Å². The molecule has 0 aliphatic rings. The smallest absolute Gasteiger partial charge is 0.252 e. The van der Waals surface area contributed by atoms with Gasteiger partial charge in [-0.25, -0.2) is 18.1 Å². The van der Waals surface area contributed by atoms with Gasteiger partial charge in [0.25, 0.3) is 5.91 Å². The highest BCUT2D eigenvalue weighted by Crippen LogP contribution is 2.27. The molecule has 1 atom stereocenters. The molecule has 9 heteroatoms. The predicted molar refractivity (Wildman–Crippen MR) is 126 cm³/mol. The number of ether oxygens (including phenoxy) is 1. The number of benzene rings is 3. The van der Waals surface area contributed by atoms with Crippen molar-refractivity contribution in [2.75, 3.05) is 14.2 Å². The van der Waals surface area contributed by atoms with Gasteiger partial charge >= 0.3 is 0 Å². The fraction of sp³-hybridized carbons (Fsp3) is 0.167. The number of fused-ring (bicyclic) bond motifs is 1. The van der Waals surface area contributed by atoms with Gasteiger partial charge in [0.05, 0.1) is 18.1 Å². The van der Waals surface area contributed by atoms with Crippen LogP contribution in [0.5, 0.6) is 5.75 Å². The van der Waals surface area contributed by atoms with Gasteiger partial charge in [-0.15, -0.1) is 0 Å². The Balaban J connectivity index is 1.77. The fourth-order valence-electron chi connectivity index (χ4n) is 3.72. The van der Waals surface area contributed by atoms with Crippen LogP contribution in [0.15, 0.2) is 77.7 Å². The van der Waals surface area contributed by atoms with E-state index in [0.29, 0.717) is 5.82 Å². The van der Waals surface area contributed by atoms with Crippen LogP contribution >= 0.6 is 0 Å². The Bertz CT molecular complexity index is 1420. The number of carbonyl (C=O) groups excluding carboxylic acids is 1. The average molecular weight is 465 g/mol. The highest BCUT2D eigenvalue weighted by atomic mass is 32.2. The van der Waals surface area contributed by atoms with Gasteiger partial charge in [0.15, 0.2) is 0 Å². The zero-order valence-electron chi connectivity index (χ0n) is 18.4. The second kappa shape index (κ2) is 9.05. The summed E-state index contributed by atoms with van der Waals surface area (Å²) in [5.41, 5.74) is 2.79. The molecule has 8 nitrogen and oxygen atoms in total. The van der Waals surface area contributed by atoms with Crippen LogP contribution in [0.3, 0.4) is 0 Å². The van der Waals surface area contributed by atoms with Crippen molar-refractivity contribution in [2.45, 2.75) is 10.9 Å². The van der Waals surface area contributed by atoms with E-state index in [1.54, 1.807) is 0 Å². The number of hydrogen-bond donors (Lipinski definition) is 2. The number of imidazole rings is 1. The molecule has 33 heavy (non-hydrogen) atoms. The molecule has 4 rings (SSSR count). The first kappa shape index (κ1) is 22.5. The summed E-state index contributed by atoms with van der Waals surface area (Å²) in [6.45, 7) is 0. The lowest BCUT2D eigenvalue weighted by Crippen LogP contribution is -2.31. The van der Waals surface area contributed by atoms with E-state index in [-0.39, 0.29) is 16.2 Å². The van der Waals surface area contributed by atoms with Crippen LogP contribution in [0.1, 0.15) is 27.8 Å². The SMILES string of the molecule is CNS(=O)(=O)c1cc(C(=O)NC(c2ccccc2)c2nc3ccccc3n2C)ccc1OC. The lowest BCUT2D eigenvalue weighted by Gasteiger charge is -2.20. The summed E-state index contributed by atoms with van der Waals surface area (Å²) in [7, 11) is 0.755. The minimum Gasteiger partial charge on any atom is -0.495 e. The summed E-state index contributed by atoms with van der Waals surface area (Å²) < 4.78 is 34.2. The van der Waals surface area contributed by atoms with Crippen LogP contribution in [-0.4, -0.2) is 38.0 Å². The van der Waals surface area contributed by atoms with Crippen molar-refractivity contribution in [1.82, 2.24) is 19.6 Å². The Labute approximate surface area is 192 Å². The van der Waals surface area contributed by atoms with Crippen molar-refractivity contribution < 1.29 is 17.9 Å². The largest absolute Gasteiger partial charge is 0.495 e. The quantitative estimate of drug-likeness (QED) is 0.438. The molecule has 0 spiro atoms. The number of rotatable bonds is 7. The van der Waals surface area contributed by atoms with Gasteiger partial charge in [0.1, 0.15) is 22.5 Å². The number of hydrogen-bond acceptors (Lipinski definition) is 5. The number of amides is 1. The van der Waals surface area contributed by atoms with E-state index in [1.165, 1.54) is 32.4 Å². The maximum Gasteiger partial charge on any atom is 0.252 e. The predicted octanol–water partition coefficient (Wildman–Crippen LogP) is 3.01. The maximum absolute atomic E-state index is 13.3. The number of aryl methyl sites for hydroxylation is 1. The van der Waals surface area contributed by atoms with E-state index in [1.807, 2.05) is 66.2 Å². The highest BCUT2D eigenvalue weighted by molar-refractivity contribution is 7.89. The lowest BCUT2D eigenvalue weighted by atomic mass is 10.1. The first-order valence-electron chi connectivity index (χ1n) is 10.2. The normalized spacial score (nSPS) is 12.5. The number of nitrogens with one attached hydrogen (secondary N) is 2. The van der Waals surface area contributed by atoms with E-state index in [2.05, 4.69) is 10.0 Å². The van der Waals surface area contributed by atoms with E-state index < -0.39 is 22.0 Å². The molecule has 0 bridgehead atoms. The Hall–Kier alpha value is -3.69. The molecule has 0 fully saturated rings. The second-order valence-corrected chi connectivity index (χ2v) is 9.26. The van der Waals surface area contributed by atoms with Gasteiger partial charge in [-0.3, -0.25) is 4.79 Å². The van der Waals surface area contributed by atoms with Crippen molar-refractivity contribution in [3.63, 3.8) is 0 Å². The van der Waals surface area contributed by atoms with Crippen molar-refractivity contribution in [2.24, 2.45) is 7.05 Å². The summed E-state index contributed by atoms with van der Waals surface area (Å²) in [5, 5.41) is 3.02. The van der Waals surface area contributed by atoms with E-state index >= 15 is 0 Å². The van der Waals surface area contributed by atoms with Gasteiger partial charge in [-0.05, 0) is 42.9 Å². The summed E-state index contributed by atoms with van der Waals surface area (Å²) >= 11 is 0. The molecule has 1 amide bonds. The van der Waals surface area contributed by atoms with Crippen molar-refractivity contribution in [1.29, 1.82) is 0 Å². The zero-order chi connectivity index (χ0) is 23.6. The maximum atomic E-state index is 13.3. The van der Waals surface area contributed by atoms with Crippen molar-refractivity contribution >= 4 is 27.0 Å². The molecule has 1 unspecified atom stereocenters. The molecule has 0 saturated heterocycles. The molecule has 1 heterocycles. The molecule has 3 aromatic carbocycles. The third kappa shape index (κ3) is 4.33. The number of carbonyl (C=O) groups is 1. The molecule has 170 valence electrons. The molecule has 4 aromatic rings. The summed E-state index contributed by atoms with van der Waals surface area (Å²) in [6, 6.07) is 21.0. The number of nitrogens with zero attached hydrogens (tertiary/aromatic N) is 2. The minimum atomic E-state index is -3.83. The van der Waals surface area contributed by atoms with Crippen molar-refractivity contribution in [3.8, 4) is 5.75 Å². The first-order chi connectivity index (χ1) is 15.9. The molecule has 0 radical (unpaired) electrons. The zero-order valence-corrected chi connectivity index (χ0v) is 19.3. The third-order valence-electron chi connectivity index (χ3n) is 5.47. The van der Waals surface area contributed by atoms with Crippen LogP contribution < -0.4 is 14.8 Å². The Morgan fingerprint density at radius 3 is 2.39 bits per heavy atom. The minimum absolute atomic E-state index is 0.112. The molecule has 0 aliphatic heterocycles. The first-order valence-corrected chi connectivity index (χ1v) is 11.7. The second-order valence-electron chi connectivity index (χ2n) is 7.41. The van der Waals surface area contributed by atoms with E-state index in [4.69, 9.17) is 9.72 Å². The molecular weight excluding hydrogens is 440 g/mol. The van der Waals surface area contributed by atoms with Crippen LogP contribution in [0, 0.1) is 0 Å². The number of methoxy groups -OCH3 is 1. The molecule has 0 aliphatic carbocycles. The van der Waals surface area contributed by atoms with Gasteiger partial charge in [-0.1, -0.05) is 42.5 Å². The highest BCUT2D eigenvalue weighted by Gasteiger charge is 2.25. The topological polar surface area (TPSA) is 102 Å². The standard InChI is InChI=1S/C24H24N4O4S/c1-25-33(30,31)21-15-17(13-14-20(21)32-3)24(29)27-22(16-9-5-4-6-10-16)23-26-18-11-7-8-12-19(18)28(23)2/h4-15,22,25H,1-3H3,(H,27,29). The molecular formula is C24H24N4O4S. The number of aromatic nitrogens is 2. The Morgan fingerprint density at radius 1 is 1.03 bits per heavy atom. The third-order valence-corrected chi connectivity index (χ3v) is 6.91. The van der Waals surface area contributed by atoms with E-state index in [0.717, 1.165) is 16.6 Å². The van der Waals surface area contributed by atoms with Gasteiger partial charge < -0.3 is 14.6 Å². The van der Waals surface area contributed by atoms with Gasteiger partial charge in [0, 0.05) is 12.6 Å². The molecule has 2 N–H and O–H groups in total. The summed E-state index contributed by atoms with van der Waals surface area (Å²) in [5.74, 6) is 0.370. The van der Waals surface area contributed by atoms with Crippen molar-refractivity contribution in [3.05, 3.63) is 89.7 Å². The molecule has 1 aromatic heterocycles. The summed E-state index contributed by atoms with van der Waals surface area (Å²) in [4.78, 5) is 17.9. The average Bonchev–Trinajstić information content (AvgIpc) is 3.18. The van der Waals surface area contributed by atoms with Crippen LogP contribution in [0.4, 0.5) is 0 Å². The van der Waals surface area contributed by atoms with Gasteiger partial charge in [0.2, 0.25) is 10.0 Å². The van der Waals surface area contributed by atoms with Crippen LogP contribution in [0.2, 0.25) is 0 Å². The Morgan fingerprint density at radius 2 is 1.73 bits per heavy atom. The van der Waals surface area contributed by atoms with E-state index in [9.17, 15) is 13.2 Å². The number of sulfonamides is 1. The fourth-order valence-corrected chi connectivity index (χ4v) is 4.64. The lowest BCUT2D eigenvalue weighted by molar-refractivity contribution is 0.0941. The monoisotopic (exact) mass is 464 g/mol. The summed E-state index contributed by atoms with van der Waals surface area (Å²) in [6.07, 6.45) is 0. The Kier molecular flexibility index (Phi) is 6.17. The molecule has 0 saturated carbocycles. The number of para-hydroxylation sites is 2. The van der Waals surface area contributed by atoms with Crippen LogP contribution in [0.25, 0.3) is 11.0 Å².